The van der Waals surface area contributed by atoms with Gasteiger partial charge in [0.05, 0.1) is 11.8 Å². The highest BCUT2D eigenvalue weighted by Crippen LogP contribution is 2.40. The average molecular weight is 475 g/mol. The molecule has 1 saturated heterocycles. The van der Waals surface area contributed by atoms with Crippen LogP contribution in [0.25, 0.3) is 0 Å². The van der Waals surface area contributed by atoms with Crippen LogP contribution in [0.1, 0.15) is 69.8 Å². The van der Waals surface area contributed by atoms with Crippen molar-refractivity contribution in [2.24, 2.45) is 5.92 Å². The van der Waals surface area contributed by atoms with Gasteiger partial charge in [-0.3, -0.25) is 9.59 Å². The quantitative estimate of drug-likeness (QED) is 0.505. The molecule has 1 aromatic heterocycles. The van der Waals surface area contributed by atoms with Gasteiger partial charge < -0.3 is 20.5 Å². The zero-order valence-corrected chi connectivity index (χ0v) is 19.5. The van der Waals surface area contributed by atoms with Crippen molar-refractivity contribution in [3.63, 3.8) is 0 Å². The van der Waals surface area contributed by atoms with Crippen LogP contribution in [0.5, 0.6) is 0 Å². The second-order valence-corrected chi connectivity index (χ2v) is 11.2. The number of piperidine rings is 1. The first kappa shape index (κ1) is 23.4. The van der Waals surface area contributed by atoms with E-state index in [9.17, 15) is 18.0 Å². The lowest BCUT2D eigenvalue weighted by Crippen LogP contribution is -2.39. The SMILES string of the molecule is CS(=O)(=O)CCNC(=O)c1cccc(C(NC(=O)c2cc(C3CC3)on2)C2CCNCC2)c1. The standard InChI is InChI=1S/C23H30N4O5S/c1-33(30,31)12-11-25-22(28)18-4-2-3-17(13-18)21(16-7-9-24-10-8-16)26-23(29)19-14-20(32-27-19)15-5-6-15/h2-4,13-16,21,24H,5-12H2,1H3,(H,25,28)(H,26,29). The first-order chi connectivity index (χ1) is 15.8. The molecule has 2 aromatic rings. The van der Waals surface area contributed by atoms with Crippen molar-refractivity contribution in [1.29, 1.82) is 0 Å². The molecule has 0 spiro atoms. The van der Waals surface area contributed by atoms with Gasteiger partial charge in [0.25, 0.3) is 11.8 Å². The predicted molar refractivity (Wildman–Crippen MR) is 123 cm³/mol. The summed E-state index contributed by atoms with van der Waals surface area (Å²) in [5, 5.41) is 13.1. The van der Waals surface area contributed by atoms with Gasteiger partial charge in [-0.2, -0.15) is 0 Å². The number of carbonyl (C=O) groups excluding carboxylic acids is 2. The number of hydrogen-bond acceptors (Lipinski definition) is 7. The molecule has 2 heterocycles. The van der Waals surface area contributed by atoms with E-state index in [4.69, 9.17) is 4.52 Å². The molecule has 2 amide bonds. The van der Waals surface area contributed by atoms with E-state index in [1.54, 1.807) is 24.3 Å². The number of hydrogen-bond donors (Lipinski definition) is 3. The van der Waals surface area contributed by atoms with Crippen LogP contribution in [0, 0.1) is 5.92 Å². The highest BCUT2D eigenvalue weighted by molar-refractivity contribution is 7.90. The van der Waals surface area contributed by atoms with E-state index in [-0.39, 0.29) is 41.8 Å². The van der Waals surface area contributed by atoms with E-state index in [0.717, 1.165) is 56.4 Å². The van der Waals surface area contributed by atoms with E-state index in [1.165, 1.54) is 0 Å². The fourth-order valence-corrected chi connectivity index (χ4v) is 4.62. The van der Waals surface area contributed by atoms with E-state index in [2.05, 4.69) is 21.1 Å². The van der Waals surface area contributed by atoms with E-state index in [1.807, 2.05) is 6.07 Å². The molecule has 10 heteroatoms. The fourth-order valence-electron chi connectivity index (χ4n) is 4.15. The van der Waals surface area contributed by atoms with Crippen LogP contribution in [0.2, 0.25) is 0 Å². The molecule has 33 heavy (non-hydrogen) atoms. The number of nitrogens with one attached hydrogen (secondary N) is 3. The minimum Gasteiger partial charge on any atom is -0.360 e. The molecule has 1 atom stereocenters. The van der Waals surface area contributed by atoms with Crippen LogP contribution >= 0.6 is 0 Å². The predicted octanol–water partition coefficient (Wildman–Crippen LogP) is 1.80. The third-order valence-electron chi connectivity index (χ3n) is 6.15. The lowest BCUT2D eigenvalue weighted by atomic mass is 9.85. The molecule has 2 fully saturated rings. The van der Waals surface area contributed by atoms with Crippen molar-refractivity contribution in [3.05, 3.63) is 52.9 Å². The summed E-state index contributed by atoms with van der Waals surface area (Å²) in [6.45, 7) is 1.77. The third kappa shape index (κ3) is 6.42. The third-order valence-corrected chi connectivity index (χ3v) is 7.09. The zero-order chi connectivity index (χ0) is 23.4. The molecule has 9 nitrogen and oxygen atoms in total. The minimum absolute atomic E-state index is 0.0475. The Morgan fingerprint density at radius 3 is 2.61 bits per heavy atom. The van der Waals surface area contributed by atoms with Gasteiger partial charge in [-0.1, -0.05) is 17.3 Å². The van der Waals surface area contributed by atoms with Crippen LogP contribution in [-0.4, -0.2) is 57.0 Å². The molecule has 3 N–H and O–H groups in total. The van der Waals surface area contributed by atoms with Gasteiger partial charge in [0.1, 0.15) is 15.6 Å². The number of aromatic nitrogens is 1. The first-order valence-corrected chi connectivity index (χ1v) is 13.4. The number of amides is 2. The van der Waals surface area contributed by atoms with E-state index >= 15 is 0 Å². The molecule has 1 aliphatic carbocycles. The van der Waals surface area contributed by atoms with Crippen molar-refractivity contribution in [2.45, 2.75) is 37.6 Å². The van der Waals surface area contributed by atoms with Gasteiger partial charge in [-0.15, -0.1) is 0 Å². The van der Waals surface area contributed by atoms with Crippen LogP contribution in [0.4, 0.5) is 0 Å². The maximum absolute atomic E-state index is 13.0. The van der Waals surface area contributed by atoms with Crippen LogP contribution in [-0.2, 0) is 9.84 Å². The molecule has 0 radical (unpaired) electrons. The zero-order valence-electron chi connectivity index (χ0n) is 18.7. The molecule has 1 unspecified atom stereocenters. The molecular weight excluding hydrogens is 444 g/mol. The Labute approximate surface area is 193 Å². The molecule has 1 aromatic carbocycles. The van der Waals surface area contributed by atoms with Gasteiger partial charge in [0.2, 0.25) is 0 Å². The van der Waals surface area contributed by atoms with Crippen LogP contribution in [0.3, 0.4) is 0 Å². The van der Waals surface area contributed by atoms with Gasteiger partial charge in [0.15, 0.2) is 5.69 Å². The number of sulfone groups is 1. The Balaban J connectivity index is 1.50. The number of carbonyl (C=O) groups is 2. The highest BCUT2D eigenvalue weighted by Gasteiger charge is 2.31. The van der Waals surface area contributed by atoms with Gasteiger partial charge in [-0.25, -0.2) is 8.42 Å². The van der Waals surface area contributed by atoms with Gasteiger partial charge >= 0.3 is 0 Å². The monoisotopic (exact) mass is 474 g/mol. The summed E-state index contributed by atoms with van der Waals surface area (Å²) in [4.78, 5) is 25.6. The number of rotatable bonds is 9. The summed E-state index contributed by atoms with van der Waals surface area (Å²) in [5.41, 5.74) is 1.52. The normalized spacial score (nSPS) is 18.0. The van der Waals surface area contributed by atoms with E-state index in [0.29, 0.717) is 11.5 Å². The molecule has 178 valence electrons. The molecule has 0 bridgehead atoms. The Morgan fingerprint density at radius 2 is 1.91 bits per heavy atom. The number of nitrogens with zero attached hydrogens (tertiary/aromatic N) is 1. The van der Waals surface area contributed by atoms with Crippen LogP contribution < -0.4 is 16.0 Å². The maximum Gasteiger partial charge on any atom is 0.273 e. The van der Waals surface area contributed by atoms with Gasteiger partial charge in [-0.05, 0) is 62.4 Å². The second-order valence-electron chi connectivity index (χ2n) is 8.94. The van der Waals surface area contributed by atoms with Crippen molar-refractivity contribution >= 4 is 21.7 Å². The Morgan fingerprint density at radius 1 is 1.15 bits per heavy atom. The summed E-state index contributed by atoms with van der Waals surface area (Å²) >= 11 is 0. The first-order valence-electron chi connectivity index (χ1n) is 11.3. The lowest BCUT2D eigenvalue weighted by molar-refractivity contribution is 0.0904. The Bertz CT molecular complexity index is 1100. The summed E-state index contributed by atoms with van der Waals surface area (Å²) < 4.78 is 28.0. The molecule has 1 saturated carbocycles. The summed E-state index contributed by atoms with van der Waals surface area (Å²) in [5.74, 6) is 0.572. The highest BCUT2D eigenvalue weighted by atomic mass is 32.2. The summed E-state index contributed by atoms with van der Waals surface area (Å²) in [6, 6.07) is 8.56. The van der Waals surface area contributed by atoms with Crippen LogP contribution in [0.15, 0.2) is 34.9 Å². The maximum atomic E-state index is 13.0. The summed E-state index contributed by atoms with van der Waals surface area (Å²) in [6.07, 6.45) is 5.04. The molecule has 4 rings (SSSR count). The fraction of sp³-hybridized carbons (Fsp3) is 0.522. The molecular formula is C23H30N4O5S. The smallest absolute Gasteiger partial charge is 0.273 e. The summed E-state index contributed by atoms with van der Waals surface area (Å²) in [7, 11) is -3.16. The Hall–Kier alpha value is -2.72. The van der Waals surface area contributed by atoms with Crippen molar-refractivity contribution in [1.82, 2.24) is 21.1 Å². The minimum atomic E-state index is -3.16. The molecule has 2 aliphatic rings. The van der Waals surface area contributed by atoms with Crippen molar-refractivity contribution < 1.29 is 22.5 Å². The topological polar surface area (TPSA) is 130 Å². The van der Waals surface area contributed by atoms with Crippen molar-refractivity contribution in [3.8, 4) is 0 Å². The number of benzene rings is 1. The Kier molecular flexibility index (Phi) is 7.14. The molecule has 1 aliphatic heterocycles. The largest absolute Gasteiger partial charge is 0.360 e. The second kappa shape index (κ2) is 10.0. The van der Waals surface area contributed by atoms with Gasteiger partial charge in [0, 0.05) is 30.3 Å². The average Bonchev–Trinajstić information content (AvgIpc) is 3.53. The van der Waals surface area contributed by atoms with Crippen molar-refractivity contribution in [2.75, 3.05) is 31.6 Å². The lowest BCUT2D eigenvalue weighted by Gasteiger charge is -2.31. The van der Waals surface area contributed by atoms with E-state index < -0.39 is 9.84 Å².